The minimum Gasteiger partial charge on any atom is -0.0582 e. The van der Waals surface area contributed by atoms with E-state index in [1.54, 1.807) is 0 Å². The molecule has 24 aliphatic carbocycles. The van der Waals surface area contributed by atoms with Crippen LogP contribution in [0.5, 0.6) is 0 Å². The minimum absolute atomic E-state index is 0.685. The highest BCUT2D eigenvalue weighted by Crippen LogP contribution is 3.06. The van der Waals surface area contributed by atoms with Gasteiger partial charge in [-0.2, -0.15) is 0 Å². The van der Waals surface area contributed by atoms with Crippen molar-refractivity contribution in [3.63, 3.8) is 0 Å². The highest BCUT2D eigenvalue weighted by molar-refractivity contribution is 5.57. The van der Waals surface area contributed by atoms with E-state index in [0.717, 1.165) is 0 Å². The zero-order chi connectivity index (χ0) is 26.9. The fourth-order valence-corrected chi connectivity index (χ4v) is 33.1. The van der Waals surface area contributed by atoms with Crippen molar-refractivity contribution in [3.05, 3.63) is 35.4 Å². The Morgan fingerprint density at radius 1 is 0.196 bits per heavy atom. The van der Waals surface area contributed by atoms with Crippen LogP contribution in [0.2, 0.25) is 0 Å². The Hall–Kier alpha value is -0.780. The van der Waals surface area contributed by atoms with Gasteiger partial charge in [-0.25, -0.2) is 0 Å². The maximum atomic E-state index is 3.01. The molecule has 1 aromatic carbocycles. The third-order valence-corrected chi connectivity index (χ3v) is 28.8. The van der Waals surface area contributed by atoms with Crippen molar-refractivity contribution in [2.75, 3.05) is 0 Å². The predicted molar refractivity (Wildman–Crippen MR) is 162 cm³/mol. The summed E-state index contributed by atoms with van der Waals surface area (Å²) in [7, 11) is 0. The molecule has 0 bridgehead atoms. The molecular weight excluding hydrogens is 553 g/mol. The van der Waals surface area contributed by atoms with Crippen molar-refractivity contribution in [2.24, 2.45) is 225 Å². The second kappa shape index (κ2) is 4.52. The van der Waals surface area contributed by atoms with E-state index < -0.39 is 0 Å². The SMILES string of the molecule is c1cc(C23C4[C@@H]5[C@@H]6C7C8C9[C@@H]%10[C@@H]7[C@@H]5C2[C@@H]%10[C@@H]2C3[C@H]3[C@@H](C8[C@@H]6[C@@H]43)[C@H]92)ccc1C12C3[C@@H]4[C@@H]5C6C7C8[C@@H]9[C@@H]6[C@@H]4C1[C@@H]9[C@@H]1C2[C@H]2[C@@H](C7[C@@H]5[C@@H]32)[C@H]81. The molecule has 16 unspecified atom stereocenters. The van der Waals surface area contributed by atoms with Crippen LogP contribution in [0.25, 0.3) is 0 Å². The van der Waals surface area contributed by atoms with Crippen LogP contribution in [-0.2, 0) is 10.8 Å². The summed E-state index contributed by atoms with van der Waals surface area (Å²) in [4.78, 5) is 0. The summed E-state index contributed by atoms with van der Waals surface area (Å²) in [5, 5.41) is 0. The zero-order valence-corrected chi connectivity index (χ0v) is 26.2. The molecule has 24 saturated carbocycles. The lowest BCUT2D eigenvalue weighted by atomic mass is 9.61. The van der Waals surface area contributed by atoms with Gasteiger partial charge in [-0.05, 0) is 236 Å². The van der Waals surface area contributed by atoms with Crippen molar-refractivity contribution in [1.82, 2.24) is 0 Å². The van der Waals surface area contributed by atoms with E-state index in [4.69, 9.17) is 0 Å². The molecule has 0 radical (unpaired) electrons. The third-order valence-electron chi connectivity index (χ3n) is 28.8. The Morgan fingerprint density at radius 2 is 0.326 bits per heavy atom. The van der Waals surface area contributed by atoms with E-state index >= 15 is 0 Å². The van der Waals surface area contributed by atoms with Crippen molar-refractivity contribution in [1.29, 1.82) is 0 Å². The van der Waals surface area contributed by atoms with E-state index in [9.17, 15) is 0 Å². The zero-order valence-electron chi connectivity index (χ0n) is 26.2. The van der Waals surface area contributed by atoms with E-state index in [1.807, 2.05) is 11.1 Å². The van der Waals surface area contributed by atoms with Gasteiger partial charge < -0.3 is 0 Å². The molecule has 40 atom stereocenters. The molecule has 0 heteroatoms. The van der Waals surface area contributed by atoms with Gasteiger partial charge in [0.25, 0.3) is 0 Å². The molecule has 226 valence electrons. The summed E-state index contributed by atoms with van der Waals surface area (Å²) in [5.41, 5.74) is 5.40. The fourth-order valence-electron chi connectivity index (χ4n) is 33.1. The first-order valence-electron chi connectivity index (χ1n) is 22.1. The predicted octanol–water partition coefficient (Wildman–Crippen LogP) is 5.88. The lowest BCUT2D eigenvalue weighted by Crippen LogP contribution is -2.41. The smallest absolute Gasteiger partial charge is 0.00547 e. The standard InChI is InChI=1S/C46H42/c1-2-6(46-42-33-21-12-8-13-23(21)35(42)37-25(13)26-14(8)24-22(12)34(33)43(46)36(24)38(26)44(37)46)4-3-5(1)45-39-27-15-9-7-10-17(15)29(39)31-19(10)20-11(7)18-16(9)28(27)40(45)30(18)32(20)41(31)45/h1-4,7-44H/t7?,8?,9?,10?,11?,12?,13?,14?,15-,16-,17-,18+,19+,20+,21-,22-,23-,24+,25+,26+,27-,28+,29+,30+,31-,32-,33-,34+,35+,36+,37-,38-,39?,40?,41?,42?,43?,44?,45?,46?/m0/s1. The topological polar surface area (TPSA) is 0 Å². The van der Waals surface area contributed by atoms with Crippen LogP contribution in [0.1, 0.15) is 11.1 Å². The molecule has 24 aliphatic rings. The summed E-state index contributed by atoms with van der Waals surface area (Å²) in [6.07, 6.45) is 0. The summed E-state index contributed by atoms with van der Waals surface area (Å²) in [6.45, 7) is 0. The van der Waals surface area contributed by atoms with Gasteiger partial charge in [0.2, 0.25) is 0 Å². The van der Waals surface area contributed by atoms with Crippen LogP contribution in [-0.4, -0.2) is 0 Å². The first-order valence-corrected chi connectivity index (χ1v) is 22.1. The molecule has 0 N–H and O–H groups in total. The van der Waals surface area contributed by atoms with Crippen LogP contribution >= 0.6 is 0 Å². The largest absolute Gasteiger partial charge is 0.0582 e. The average molecular weight is 595 g/mol. The molecule has 0 aliphatic heterocycles. The molecular formula is C46H42. The van der Waals surface area contributed by atoms with Gasteiger partial charge in [0.05, 0.1) is 0 Å². The highest BCUT2D eigenvalue weighted by Gasteiger charge is 3.04. The quantitative estimate of drug-likeness (QED) is 0.402. The maximum absolute atomic E-state index is 3.01. The van der Waals surface area contributed by atoms with E-state index in [1.165, 1.54) is 225 Å². The second-order valence-corrected chi connectivity index (χ2v) is 25.1. The number of hydrogen-bond acceptors (Lipinski definition) is 0. The summed E-state index contributed by atoms with van der Waals surface area (Å²) >= 11 is 0. The summed E-state index contributed by atoms with van der Waals surface area (Å²) in [5.74, 6) is 47.1. The van der Waals surface area contributed by atoms with Crippen LogP contribution in [0, 0.1) is 225 Å². The molecule has 46 heavy (non-hydrogen) atoms. The summed E-state index contributed by atoms with van der Waals surface area (Å²) in [6, 6.07) is 12.0. The Balaban J connectivity index is 0.792. The minimum atomic E-state index is 0.685. The molecule has 0 saturated heterocycles. The monoisotopic (exact) mass is 594 g/mol. The Labute approximate surface area is 270 Å². The fraction of sp³-hybridized carbons (Fsp3) is 0.870. The van der Waals surface area contributed by atoms with Gasteiger partial charge in [0, 0.05) is 10.8 Å². The Kier molecular flexibility index (Phi) is 1.92. The van der Waals surface area contributed by atoms with Crippen LogP contribution in [0.15, 0.2) is 24.3 Å². The van der Waals surface area contributed by atoms with Gasteiger partial charge in [-0.3, -0.25) is 0 Å². The highest BCUT2D eigenvalue weighted by atomic mass is 15.1. The average Bonchev–Trinajstić information content (AvgIpc) is 3.78. The second-order valence-electron chi connectivity index (χ2n) is 25.1. The molecule has 0 aromatic heterocycles. The van der Waals surface area contributed by atoms with Crippen molar-refractivity contribution < 1.29 is 0 Å². The number of hydrogen-bond donors (Lipinski definition) is 0. The molecule has 25 rings (SSSR count). The number of rotatable bonds is 2. The first kappa shape index (κ1) is 19.6. The maximum Gasteiger partial charge on any atom is 0.00547 e. The Bertz CT molecular complexity index is 1650. The van der Waals surface area contributed by atoms with Crippen LogP contribution in [0.4, 0.5) is 0 Å². The summed E-state index contributed by atoms with van der Waals surface area (Å²) < 4.78 is 0. The van der Waals surface area contributed by atoms with Crippen molar-refractivity contribution in [3.8, 4) is 0 Å². The van der Waals surface area contributed by atoms with Gasteiger partial charge >= 0.3 is 0 Å². The lowest BCUT2D eigenvalue weighted by molar-refractivity contribution is 0.158. The molecule has 1 aromatic rings. The van der Waals surface area contributed by atoms with Crippen LogP contribution < -0.4 is 0 Å². The van der Waals surface area contributed by atoms with Gasteiger partial charge in [0.1, 0.15) is 0 Å². The van der Waals surface area contributed by atoms with Gasteiger partial charge in [-0.15, -0.1) is 0 Å². The third kappa shape index (κ3) is 1.03. The first-order chi connectivity index (χ1) is 22.9. The molecule has 0 amide bonds. The van der Waals surface area contributed by atoms with E-state index in [-0.39, 0.29) is 0 Å². The lowest BCUT2D eigenvalue weighted by Gasteiger charge is -2.43. The van der Waals surface area contributed by atoms with E-state index in [0.29, 0.717) is 10.8 Å². The van der Waals surface area contributed by atoms with E-state index in [2.05, 4.69) is 24.3 Å². The van der Waals surface area contributed by atoms with Gasteiger partial charge in [-0.1, -0.05) is 24.3 Å². The normalized spacial score (nSPS) is 99.0. The Morgan fingerprint density at radius 3 is 0.478 bits per heavy atom. The molecule has 24 fully saturated rings. The number of benzene rings is 1. The molecule has 0 nitrogen and oxygen atoms in total. The molecule has 0 spiro atoms. The van der Waals surface area contributed by atoms with Crippen molar-refractivity contribution in [2.45, 2.75) is 10.8 Å². The van der Waals surface area contributed by atoms with Crippen LogP contribution in [0.3, 0.4) is 0 Å². The molecule has 0 heterocycles. The van der Waals surface area contributed by atoms with Gasteiger partial charge in [0.15, 0.2) is 0 Å². The van der Waals surface area contributed by atoms with Crippen molar-refractivity contribution >= 4 is 0 Å².